The number of pyridine rings is 1. The molecule has 8 rings (SSSR count). The van der Waals surface area contributed by atoms with E-state index in [0.717, 1.165) is 86.0 Å². The molecule has 330 valence electrons. The van der Waals surface area contributed by atoms with E-state index in [1.54, 1.807) is 30.5 Å². The Balaban J connectivity index is 1.02. The summed E-state index contributed by atoms with van der Waals surface area (Å²) in [4.78, 5) is 37.2. The van der Waals surface area contributed by atoms with Crippen LogP contribution in [0.3, 0.4) is 0 Å². The molecule has 1 fully saturated rings. The highest BCUT2D eigenvalue weighted by Crippen LogP contribution is 2.44. The number of halogens is 1. The van der Waals surface area contributed by atoms with Gasteiger partial charge in [-0.15, -0.1) is 0 Å². The molecule has 0 spiro atoms. The normalized spacial score (nSPS) is 17.9. The maximum atomic E-state index is 14.0. The highest BCUT2D eigenvalue weighted by atomic mass is 35.5. The summed E-state index contributed by atoms with van der Waals surface area (Å²) < 4.78 is 41.3. The van der Waals surface area contributed by atoms with Crippen molar-refractivity contribution in [3.8, 4) is 11.5 Å². The summed E-state index contributed by atoms with van der Waals surface area (Å²) in [6, 6.07) is 20.5. The average Bonchev–Trinajstić information content (AvgIpc) is 3.75. The van der Waals surface area contributed by atoms with Crippen molar-refractivity contribution in [2.24, 2.45) is 5.41 Å². The number of ether oxygens (including phenoxy) is 2. The molecule has 16 heteroatoms. The number of nitro groups is 1. The second-order valence-electron chi connectivity index (χ2n) is 17.3. The molecule has 63 heavy (non-hydrogen) atoms. The lowest BCUT2D eigenvalue weighted by molar-refractivity contribution is -0.384. The number of aromatic amines is 1. The average molecular weight is 894 g/mol. The molecule has 2 aliphatic heterocycles. The van der Waals surface area contributed by atoms with E-state index in [1.807, 2.05) is 25.1 Å². The highest BCUT2D eigenvalue weighted by molar-refractivity contribution is 7.90. The third-order valence-electron chi connectivity index (χ3n) is 12.2. The first-order valence-electron chi connectivity index (χ1n) is 21.3. The van der Waals surface area contributed by atoms with Gasteiger partial charge >= 0.3 is 0 Å². The van der Waals surface area contributed by atoms with Gasteiger partial charge in [0.2, 0.25) is 0 Å². The Hall–Kier alpha value is -5.58. The molecular formula is C47H52ClN7O7S. The van der Waals surface area contributed by atoms with Crippen molar-refractivity contribution in [3.05, 3.63) is 129 Å². The molecule has 0 radical (unpaired) electrons. The van der Waals surface area contributed by atoms with Crippen LogP contribution in [-0.2, 0) is 14.8 Å². The van der Waals surface area contributed by atoms with E-state index in [1.165, 1.54) is 35.0 Å². The molecular weight excluding hydrogens is 842 g/mol. The quantitative estimate of drug-likeness (QED) is 0.0718. The van der Waals surface area contributed by atoms with E-state index in [-0.39, 0.29) is 28.5 Å². The van der Waals surface area contributed by atoms with Gasteiger partial charge in [-0.05, 0) is 109 Å². The minimum absolute atomic E-state index is 0.0405. The number of benzene rings is 3. The molecule has 3 aliphatic rings. The number of carbonyl (C=O) groups excluding carboxylic acids is 1. The molecule has 5 aromatic rings. The van der Waals surface area contributed by atoms with Gasteiger partial charge in [0.15, 0.2) is 0 Å². The van der Waals surface area contributed by atoms with E-state index >= 15 is 0 Å². The number of nitrogens with one attached hydrogen (secondary N) is 3. The second kappa shape index (κ2) is 18.6. The van der Waals surface area contributed by atoms with Crippen LogP contribution in [-0.4, -0.2) is 97.5 Å². The maximum Gasteiger partial charge on any atom is 0.293 e. The van der Waals surface area contributed by atoms with Crippen LogP contribution >= 0.6 is 11.6 Å². The summed E-state index contributed by atoms with van der Waals surface area (Å²) in [7, 11) is -4.57. The predicted molar refractivity (Wildman–Crippen MR) is 246 cm³/mol. The Labute approximate surface area is 372 Å². The molecule has 1 amide bonds. The van der Waals surface area contributed by atoms with Crippen molar-refractivity contribution in [2.45, 2.75) is 57.4 Å². The van der Waals surface area contributed by atoms with E-state index in [2.05, 4.69) is 61.9 Å². The summed E-state index contributed by atoms with van der Waals surface area (Å²) >= 11 is 6.24. The van der Waals surface area contributed by atoms with E-state index in [4.69, 9.17) is 21.1 Å². The monoisotopic (exact) mass is 893 g/mol. The van der Waals surface area contributed by atoms with Gasteiger partial charge in [-0.25, -0.2) is 18.1 Å². The van der Waals surface area contributed by atoms with Gasteiger partial charge in [0.05, 0.1) is 34.8 Å². The number of carbonyl (C=O) groups is 1. The van der Waals surface area contributed by atoms with Gasteiger partial charge in [-0.3, -0.25) is 24.7 Å². The summed E-state index contributed by atoms with van der Waals surface area (Å²) in [6.07, 6.45) is 9.41. The smallest absolute Gasteiger partial charge is 0.293 e. The van der Waals surface area contributed by atoms with Crippen LogP contribution in [0.5, 0.6) is 11.5 Å². The number of anilines is 1. The van der Waals surface area contributed by atoms with Crippen molar-refractivity contribution in [2.75, 3.05) is 57.8 Å². The summed E-state index contributed by atoms with van der Waals surface area (Å²) in [6.45, 7) is 12.2. The molecule has 0 bridgehead atoms. The van der Waals surface area contributed by atoms with Crippen LogP contribution in [0.25, 0.3) is 22.2 Å². The largest absolute Gasteiger partial charge is 0.455 e. The van der Waals surface area contributed by atoms with E-state index in [9.17, 15) is 23.3 Å². The van der Waals surface area contributed by atoms with Crippen LogP contribution in [0.4, 0.5) is 11.4 Å². The van der Waals surface area contributed by atoms with Crippen LogP contribution in [0.15, 0.2) is 102 Å². The summed E-state index contributed by atoms with van der Waals surface area (Å²) in [5, 5.41) is 16.8. The number of nitrogens with zero attached hydrogens (tertiary/aromatic N) is 4. The molecule has 1 unspecified atom stereocenters. The van der Waals surface area contributed by atoms with Crippen molar-refractivity contribution in [1.82, 2.24) is 24.5 Å². The first kappa shape index (κ1) is 44.0. The molecule has 1 aliphatic carbocycles. The molecule has 3 N–H and O–H groups in total. The SMILES string of the molecule is CC(CNc1ccc(S(=O)(=O)NC(=O)c2ccc(C3=CCN(CC4=C(c5ccc(Cl)cc5)CC(C)(C)CC4)CC3)cc2Oc2cnc3[nH]ccc3c2)cc1[N+](=O)[O-])N1CCOCC1. The Morgan fingerprint density at radius 1 is 1.03 bits per heavy atom. The Kier molecular flexibility index (Phi) is 13.0. The number of morpholine rings is 1. The molecule has 14 nitrogen and oxygen atoms in total. The minimum atomic E-state index is -4.57. The Morgan fingerprint density at radius 3 is 2.56 bits per heavy atom. The van der Waals surface area contributed by atoms with Gasteiger partial charge in [-0.2, -0.15) is 0 Å². The lowest BCUT2D eigenvalue weighted by Gasteiger charge is -2.36. The fraction of sp³-hybridized carbons (Fsp3) is 0.362. The number of hydrogen-bond donors (Lipinski definition) is 3. The van der Waals surface area contributed by atoms with E-state index < -0.39 is 31.4 Å². The van der Waals surface area contributed by atoms with Crippen LogP contribution in [0.2, 0.25) is 5.02 Å². The van der Waals surface area contributed by atoms with Crippen LogP contribution < -0.4 is 14.8 Å². The summed E-state index contributed by atoms with van der Waals surface area (Å²) in [5.74, 6) is -0.481. The van der Waals surface area contributed by atoms with Gasteiger partial charge in [0.25, 0.3) is 21.6 Å². The second-order valence-corrected chi connectivity index (χ2v) is 19.4. The number of H-pyrrole nitrogens is 1. The molecule has 3 aromatic carbocycles. The van der Waals surface area contributed by atoms with Crippen molar-refractivity contribution in [1.29, 1.82) is 0 Å². The topological polar surface area (TPSA) is 172 Å². The lowest BCUT2D eigenvalue weighted by atomic mass is 9.72. The maximum absolute atomic E-state index is 14.0. The zero-order chi connectivity index (χ0) is 44.3. The molecule has 1 atom stereocenters. The summed E-state index contributed by atoms with van der Waals surface area (Å²) in [5.41, 5.74) is 6.57. The third-order valence-corrected chi connectivity index (χ3v) is 13.8. The number of rotatable bonds is 14. The lowest BCUT2D eigenvalue weighted by Crippen LogP contribution is -2.45. The first-order chi connectivity index (χ1) is 30.2. The standard InChI is InChI=1S/C47H52ClN7O7S/c1-31(54-20-22-61-23-21-54)28-50-42-11-9-39(26-43(42)55(57)58)63(59,60)52-46(56)40-10-6-34(25-44(40)62-38-24-35-13-17-49-45(35)51-29-38)32-14-18-53(19-15-32)30-36-12-16-47(2,3)27-41(36)33-4-7-37(48)8-5-33/h4-11,13-14,17,24-26,29,31,50H,12,15-16,18-23,27-28,30H2,1-3H3,(H,49,51)(H,52,56). The molecule has 4 heterocycles. The van der Waals surface area contributed by atoms with Gasteiger partial charge < -0.3 is 19.8 Å². The number of allylic oxidation sites excluding steroid dienone is 1. The number of hydrogen-bond acceptors (Lipinski definition) is 11. The number of sulfonamides is 1. The molecule has 2 aromatic heterocycles. The fourth-order valence-electron chi connectivity index (χ4n) is 8.57. The molecule has 1 saturated heterocycles. The van der Waals surface area contributed by atoms with Gasteiger partial charge in [-0.1, -0.05) is 55.3 Å². The van der Waals surface area contributed by atoms with Gasteiger partial charge in [0.1, 0.15) is 22.8 Å². The zero-order valence-electron chi connectivity index (χ0n) is 35.7. The van der Waals surface area contributed by atoms with Crippen molar-refractivity contribution >= 4 is 61.1 Å². The zero-order valence-corrected chi connectivity index (χ0v) is 37.2. The molecule has 0 saturated carbocycles. The highest BCUT2D eigenvalue weighted by Gasteiger charge is 2.30. The number of nitro benzene ring substituents is 1. The van der Waals surface area contributed by atoms with Crippen molar-refractivity contribution < 1.29 is 27.6 Å². The third kappa shape index (κ3) is 10.5. The number of fused-ring (bicyclic) bond motifs is 1. The van der Waals surface area contributed by atoms with E-state index in [0.29, 0.717) is 31.2 Å². The Bertz CT molecular complexity index is 2690. The first-order valence-corrected chi connectivity index (χ1v) is 23.1. The van der Waals surface area contributed by atoms with Gasteiger partial charge in [0, 0.05) is 68.0 Å². The van der Waals surface area contributed by atoms with Crippen molar-refractivity contribution in [3.63, 3.8) is 0 Å². The minimum Gasteiger partial charge on any atom is -0.455 e. The predicted octanol–water partition coefficient (Wildman–Crippen LogP) is 8.92. The van der Waals surface area contributed by atoms with Crippen LogP contribution in [0, 0.1) is 15.5 Å². The fourth-order valence-corrected chi connectivity index (χ4v) is 9.68. The number of amides is 1. The number of aromatic nitrogens is 2. The van der Waals surface area contributed by atoms with Crippen LogP contribution in [0.1, 0.15) is 67.9 Å². The Morgan fingerprint density at radius 2 is 1.81 bits per heavy atom.